The van der Waals surface area contributed by atoms with Crippen molar-refractivity contribution in [1.29, 1.82) is 0 Å². The number of benzene rings is 7. The van der Waals surface area contributed by atoms with E-state index in [0.29, 0.717) is 17.5 Å². The van der Waals surface area contributed by atoms with E-state index in [1.165, 1.54) is 5.39 Å². The Hall–Kier alpha value is -7.37. The minimum Gasteiger partial charge on any atom is -0.245 e. The normalized spacial score (nSPS) is 11.3. The highest BCUT2D eigenvalue weighted by molar-refractivity contribution is 6.04. The van der Waals surface area contributed by atoms with Crippen LogP contribution in [0.15, 0.2) is 188 Å². The molecule has 5 nitrogen and oxygen atoms in total. The summed E-state index contributed by atoms with van der Waals surface area (Å²) >= 11 is 0. The van der Waals surface area contributed by atoms with Gasteiger partial charge in [-0.05, 0) is 46.2 Å². The van der Waals surface area contributed by atoms with Gasteiger partial charge in [0.1, 0.15) is 0 Å². The molecule has 0 atom stereocenters. The molecule has 7 aromatic carbocycles. The summed E-state index contributed by atoms with van der Waals surface area (Å²) in [5.41, 5.74) is 11.0. The standard InChI is InChI=1S/C49H31N5/c1-4-10-33(11-5-1)43-28-26-34-18-19-35-27-29-44(51-46(35)45(34)50-43)42-25-24-40-30-39(22-23-41(40)31-42)32-16-20-38(21-17-32)49-53-47(36-12-6-2-7-13-36)52-48(54-49)37-14-8-3-9-15-37/h1-31H. The molecule has 54 heavy (non-hydrogen) atoms. The second kappa shape index (κ2) is 13.3. The van der Waals surface area contributed by atoms with Crippen LogP contribution in [0, 0.1) is 0 Å². The summed E-state index contributed by atoms with van der Waals surface area (Å²) in [6.45, 7) is 0. The Morgan fingerprint density at radius 2 is 0.574 bits per heavy atom. The first-order valence-corrected chi connectivity index (χ1v) is 18.0. The zero-order valence-electron chi connectivity index (χ0n) is 29.1. The van der Waals surface area contributed by atoms with Crippen molar-refractivity contribution in [1.82, 2.24) is 24.9 Å². The molecule has 252 valence electrons. The third kappa shape index (κ3) is 5.94. The summed E-state index contributed by atoms with van der Waals surface area (Å²) in [5.74, 6) is 1.94. The predicted octanol–water partition coefficient (Wildman–Crippen LogP) is 12.1. The molecule has 0 aliphatic rings. The van der Waals surface area contributed by atoms with Gasteiger partial charge < -0.3 is 0 Å². The van der Waals surface area contributed by atoms with Gasteiger partial charge in [0.2, 0.25) is 0 Å². The number of fused-ring (bicyclic) bond motifs is 4. The van der Waals surface area contributed by atoms with E-state index in [-0.39, 0.29) is 0 Å². The van der Waals surface area contributed by atoms with Crippen molar-refractivity contribution in [2.24, 2.45) is 0 Å². The van der Waals surface area contributed by atoms with E-state index in [1.807, 2.05) is 78.9 Å². The molecule has 10 rings (SSSR count). The molecule has 0 fully saturated rings. The lowest BCUT2D eigenvalue weighted by atomic mass is 9.98. The summed E-state index contributed by atoms with van der Waals surface area (Å²) in [6, 6.07) is 64.8. The van der Waals surface area contributed by atoms with Crippen LogP contribution in [0.5, 0.6) is 0 Å². The summed E-state index contributed by atoms with van der Waals surface area (Å²) in [5, 5.41) is 4.47. The molecule has 0 N–H and O–H groups in total. The fraction of sp³-hybridized carbons (Fsp3) is 0. The van der Waals surface area contributed by atoms with Gasteiger partial charge in [0, 0.05) is 38.6 Å². The molecule has 0 aliphatic carbocycles. The molecule has 3 heterocycles. The third-order valence-electron chi connectivity index (χ3n) is 9.90. The molecule has 10 aromatic rings. The van der Waals surface area contributed by atoms with Gasteiger partial charge in [-0.1, -0.05) is 164 Å². The van der Waals surface area contributed by atoms with Crippen LogP contribution in [0.1, 0.15) is 0 Å². The first kappa shape index (κ1) is 31.4. The second-order valence-electron chi connectivity index (χ2n) is 13.4. The van der Waals surface area contributed by atoms with Crippen molar-refractivity contribution < 1.29 is 0 Å². The molecule has 0 spiro atoms. The monoisotopic (exact) mass is 689 g/mol. The molecular formula is C49H31N5. The smallest absolute Gasteiger partial charge is 0.164 e. The first-order chi connectivity index (χ1) is 26.7. The maximum atomic E-state index is 5.18. The van der Waals surface area contributed by atoms with Crippen LogP contribution in [0.3, 0.4) is 0 Å². The van der Waals surface area contributed by atoms with Crippen LogP contribution in [-0.2, 0) is 0 Å². The van der Waals surface area contributed by atoms with Crippen molar-refractivity contribution in [2.75, 3.05) is 0 Å². The fourth-order valence-electron chi connectivity index (χ4n) is 7.03. The van der Waals surface area contributed by atoms with Gasteiger partial charge in [0.15, 0.2) is 17.5 Å². The lowest BCUT2D eigenvalue weighted by Crippen LogP contribution is -2.00. The van der Waals surface area contributed by atoms with Gasteiger partial charge in [-0.2, -0.15) is 0 Å². The highest BCUT2D eigenvalue weighted by Gasteiger charge is 2.13. The number of hydrogen-bond acceptors (Lipinski definition) is 5. The van der Waals surface area contributed by atoms with E-state index in [4.69, 9.17) is 24.9 Å². The number of aromatic nitrogens is 5. The van der Waals surface area contributed by atoms with E-state index in [0.717, 1.165) is 77.5 Å². The van der Waals surface area contributed by atoms with Crippen molar-refractivity contribution in [3.05, 3.63) is 188 Å². The van der Waals surface area contributed by atoms with Crippen LogP contribution < -0.4 is 0 Å². The Balaban J connectivity index is 0.963. The summed E-state index contributed by atoms with van der Waals surface area (Å²) in [6.07, 6.45) is 0. The van der Waals surface area contributed by atoms with Crippen LogP contribution in [-0.4, -0.2) is 24.9 Å². The third-order valence-corrected chi connectivity index (χ3v) is 9.90. The van der Waals surface area contributed by atoms with Gasteiger partial charge in [-0.25, -0.2) is 24.9 Å². The van der Waals surface area contributed by atoms with E-state index in [2.05, 4.69) is 109 Å². The molecule has 0 saturated carbocycles. The Bertz CT molecular complexity index is 2910. The van der Waals surface area contributed by atoms with Gasteiger partial charge >= 0.3 is 0 Å². The molecule has 3 aromatic heterocycles. The lowest BCUT2D eigenvalue weighted by molar-refractivity contribution is 1.07. The van der Waals surface area contributed by atoms with Crippen molar-refractivity contribution >= 4 is 32.6 Å². The maximum absolute atomic E-state index is 5.18. The molecular weight excluding hydrogens is 659 g/mol. The Kier molecular flexibility index (Phi) is 7.73. The average molecular weight is 690 g/mol. The summed E-state index contributed by atoms with van der Waals surface area (Å²) in [7, 11) is 0. The van der Waals surface area contributed by atoms with Crippen LogP contribution in [0.2, 0.25) is 0 Å². The van der Waals surface area contributed by atoms with Gasteiger partial charge in [-0.15, -0.1) is 0 Å². The fourth-order valence-corrected chi connectivity index (χ4v) is 7.03. The van der Waals surface area contributed by atoms with Crippen molar-refractivity contribution in [3.63, 3.8) is 0 Å². The first-order valence-electron chi connectivity index (χ1n) is 18.0. The summed E-state index contributed by atoms with van der Waals surface area (Å²) < 4.78 is 0. The number of rotatable bonds is 6. The number of nitrogens with zero attached hydrogens (tertiary/aromatic N) is 5. The van der Waals surface area contributed by atoms with Gasteiger partial charge in [0.05, 0.1) is 22.4 Å². The second-order valence-corrected chi connectivity index (χ2v) is 13.4. The molecule has 0 aliphatic heterocycles. The van der Waals surface area contributed by atoms with Crippen molar-refractivity contribution in [3.8, 4) is 67.8 Å². The van der Waals surface area contributed by atoms with E-state index >= 15 is 0 Å². The largest absolute Gasteiger partial charge is 0.245 e. The molecule has 0 bridgehead atoms. The molecule has 5 heteroatoms. The average Bonchev–Trinajstić information content (AvgIpc) is 3.26. The quantitative estimate of drug-likeness (QED) is 0.163. The molecule has 0 unspecified atom stereocenters. The Labute approximate surface area is 312 Å². The minimum atomic E-state index is 0.642. The van der Waals surface area contributed by atoms with E-state index < -0.39 is 0 Å². The Morgan fingerprint density at radius 3 is 1.09 bits per heavy atom. The minimum absolute atomic E-state index is 0.642. The molecule has 0 amide bonds. The van der Waals surface area contributed by atoms with Gasteiger partial charge in [-0.3, -0.25) is 0 Å². The molecule has 0 saturated heterocycles. The zero-order valence-corrected chi connectivity index (χ0v) is 29.1. The van der Waals surface area contributed by atoms with Crippen LogP contribution in [0.4, 0.5) is 0 Å². The van der Waals surface area contributed by atoms with Crippen LogP contribution in [0.25, 0.3) is 100 Å². The maximum Gasteiger partial charge on any atom is 0.164 e. The van der Waals surface area contributed by atoms with E-state index in [1.54, 1.807) is 0 Å². The van der Waals surface area contributed by atoms with E-state index in [9.17, 15) is 0 Å². The predicted molar refractivity (Wildman–Crippen MR) is 221 cm³/mol. The van der Waals surface area contributed by atoms with Crippen LogP contribution >= 0.6 is 0 Å². The zero-order chi connectivity index (χ0) is 35.8. The van der Waals surface area contributed by atoms with Gasteiger partial charge in [0.25, 0.3) is 0 Å². The number of hydrogen-bond donors (Lipinski definition) is 0. The lowest BCUT2D eigenvalue weighted by Gasteiger charge is -2.10. The topological polar surface area (TPSA) is 64.5 Å². The SMILES string of the molecule is c1ccc(-c2ccc3ccc4ccc(-c5ccc6cc(-c7ccc(-c8nc(-c9ccccc9)nc(-c9ccccc9)n8)cc7)ccc6c5)nc4c3n2)cc1. The molecule has 0 radical (unpaired) electrons. The summed E-state index contributed by atoms with van der Waals surface area (Å²) in [4.78, 5) is 24.9. The Morgan fingerprint density at radius 1 is 0.222 bits per heavy atom. The van der Waals surface area contributed by atoms with Crippen molar-refractivity contribution in [2.45, 2.75) is 0 Å². The highest BCUT2D eigenvalue weighted by atomic mass is 15.0. The highest BCUT2D eigenvalue weighted by Crippen LogP contribution is 2.32. The number of pyridine rings is 2.